The lowest BCUT2D eigenvalue weighted by atomic mass is 10.1. The summed E-state index contributed by atoms with van der Waals surface area (Å²) >= 11 is 0. The minimum atomic E-state index is -1.79. The molecule has 9 heteroatoms. The molecule has 5 nitrogen and oxygen atoms in total. The van der Waals surface area contributed by atoms with E-state index in [0.717, 1.165) is 24.3 Å². The van der Waals surface area contributed by atoms with Crippen molar-refractivity contribution in [3.05, 3.63) is 59.2 Å². The van der Waals surface area contributed by atoms with Gasteiger partial charge in [0, 0.05) is 0 Å². The van der Waals surface area contributed by atoms with Gasteiger partial charge in [-0.05, 0) is 30.3 Å². The first-order chi connectivity index (χ1) is 11.3. The number of amides is 2. The molecule has 0 fully saturated rings. The molecule has 2 aromatic rings. The van der Waals surface area contributed by atoms with Crippen molar-refractivity contribution in [2.45, 2.75) is 0 Å². The van der Waals surface area contributed by atoms with E-state index in [4.69, 9.17) is 5.73 Å². The zero-order valence-electron chi connectivity index (χ0n) is 12.0. The highest BCUT2D eigenvalue weighted by atomic mass is 19.2. The van der Waals surface area contributed by atoms with Crippen molar-refractivity contribution in [1.82, 2.24) is 0 Å². The second kappa shape index (κ2) is 7.09. The van der Waals surface area contributed by atoms with Crippen LogP contribution >= 0.6 is 0 Å². The molecule has 0 aromatic heterocycles. The number of halogens is 4. The highest BCUT2D eigenvalue weighted by Gasteiger charge is 2.20. The van der Waals surface area contributed by atoms with Gasteiger partial charge in [-0.15, -0.1) is 0 Å². The second-order valence-electron chi connectivity index (χ2n) is 4.62. The summed E-state index contributed by atoms with van der Waals surface area (Å²) in [6.45, 7) is -0.387. The van der Waals surface area contributed by atoms with Crippen molar-refractivity contribution in [3.63, 3.8) is 0 Å². The lowest BCUT2D eigenvalue weighted by Gasteiger charge is -2.12. The predicted octanol–water partition coefficient (Wildman–Crippen LogP) is 2.39. The van der Waals surface area contributed by atoms with Gasteiger partial charge in [-0.2, -0.15) is 0 Å². The minimum Gasteiger partial charge on any atom is -0.323 e. The summed E-state index contributed by atoms with van der Waals surface area (Å²) in [7, 11) is 0. The summed E-state index contributed by atoms with van der Waals surface area (Å²) in [5, 5.41) is 4.43. The Morgan fingerprint density at radius 2 is 1.62 bits per heavy atom. The lowest BCUT2D eigenvalue weighted by Crippen LogP contribution is -2.23. The average molecular weight is 341 g/mol. The standard InChI is InChI=1S/C15H11F4N3O2/c16-7-1-4-10(11(5-7)21-12(23)6-20)22-15(24)8-2-3-9(17)14(19)13(8)18/h1-5H,6,20H2,(H,21,23)(H,22,24). The lowest BCUT2D eigenvalue weighted by molar-refractivity contribution is -0.114. The molecule has 0 aliphatic carbocycles. The number of hydrogen-bond acceptors (Lipinski definition) is 3. The molecule has 0 spiro atoms. The third kappa shape index (κ3) is 3.69. The van der Waals surface area contributed by atoms with Crippen LogP contribution in [0.5, 0.6) is 0 Å². The van der Waals surface area contributed by atoms with Gasteiger partial charge < -0.3 is 16.4 Å². The van der Waals surface area contributed by atoms with Crippen LogP contribution in [0.1, 0.15) is 10.4 Å². The molecule has 0 atom stereocenters. The van der Waals surface area contributed by atoms with Gasteiger partial charge >= 0.3 is 0 Å². The average Bonchev–Trinajstić information content (AvgIpc) is 2.55. The summed E-state index contributed by atoms with van der Waals surface area (Å²) in [6, 6.07) is 4.34. The molecule has 0 radical (unpaired) electrons. The van der Waals surface area contributed by atoms with Crippen LogP contribution in [-0.4, -0.2) is 18.4 Å². The Labute approximate surface area is 133 Å². The highest BCUT2D eigenvalue weighted by molar-refractivity contribution is 6.07. The van der Waals surface area contributed by atoms with E-state index >= 15 is 0 Å². The fourth-order valence-electron chi connectivity index (χ4n) is 1.82. The number of carbonyl (C=O) groups is 2. The molecule has 2 amide bonds. The van der Waals surface area contributed by atoms with Crippen LogP contribution in [-0.2, 0) is 4.79 Å². The van der Waals surface area contributed by atoms with E-state index in [2.05, 4.69) is 10.6 Å². The molecule has 0 aliphatic heterocycles. The Morgan fingerprint density at radius 1 is 0.917 bits per heavy atom. The molecule has 0 saturated carbocycles. The molecule has 4 N–H and O–H groups in total. The van der Waals surface area contributed by atoms with Gasteiger partial charge in [0.2, 0.25) is 5.91 Å². The third-order valence-electron chi connectivity index (χ3n) is 2.97. The summed E-state index contributed by atoms with van der Waals surface area (Å²) < 4.78 is 53.0. The largest absolute Gasteiger partial charge is 0.323 e. The Bertz CT molecular complexity index is 812. The number of benzene rings is 2. The van der Waals surface area contributed by atoms with Crippen molar-refractivity contribution in [1.29, 1.82) is 0 Å². The topological polar surface area (TPSA) is 84.2 Å². The van der Waals surface area contributed by atoms with Crippen molar-refractivity contribution in [2.24, 2.45) is 5.73 Å². The summed E-state index contributed by atoms with van der Waals surface area (Å²) in [5.74, 6) is -7.38. The van der Waals surface area contributed by atoms with Crippen LogP contribution in [0.4, 0.5) is 28.9 Å². The van der Waals surface area contributed by atoms with Crippen LogP contribution in [0.2, 0.25) is 0 Å². The summed E-state index contributed by atoms with van der Waals surface area (Å²) in [6.07, 6.45) is 0. The first-order valence-electron chi connectivity index (χ1n) is 6.57. The van der Waals surface area contributed by atoms with Gasteiger partial charge in [-0.25, -0.2) is 17.6 Å². The molecule has 2 aromatic carbocycles. The van der Waals surface area contributed by atoms with Gasteiger partial charge in [-0.3, -0.25) is 9.59 Å². The molecule has 0 unspecified atom stereocenters. The van der Waals surface area contributed by atoms with Gasteiger partial charge in [-0.1, -0.05) is 0 Å². The minimum absolute atomic E-state index is 0.0765. The Hall–Kier alpha value is -2.94. The van der Waals surface area contributed by atoms with E-state index in [1.54, 1.807) is 0 Å². The van der Waals surface area contributed by atoms with E-state index in [1.165, 1.54) is 0 Å². The smallest absolute Gasteiger partial charge is 0.258 e. The third-order valence-corrected chi connectivity index (χ3v) is 2.97. The Morgan fingerprint density at radius 3 is 2.29 bits per heavy atom. The molecular formula is C15H11F4N3O2. The first kappa shape index (κ1) is 17.4. The monoisotopic (exact) mass is 341 g/mol. The predicted molar refractivity (Wildman–Crippen MR) is 78.4 cm³/mol. The Kier molecular flexibility index (Phi) is 5.14. The normalized spacial score (nSPS) is 10.4. The maximum atomic E-state index is 13.6. The number of rotatable bonds is 4. The fraction of sp³-hybridized carbons (Fsp3) is 0.0667. The Balaban J connectivity index is 2.32. The van der Waals surface area contributed by atoms with Crippen LogP contribution < -0.4 is 16.4 Å². The van der Waals surface area contributed by atoms with Gasteiger partial charge in [0.1, 0.15) is 5.82 Å². The van der Waals surface area contributed by atoms with Gasteiger partial charge in [0.05, 0.1) is 23.5 Å². The van der Waals surface area contributed by atoms with Crippen LogP contribution in [0, 0.1) is 23.3 Å². The zero-order chi connectivity index (χ0) is 17.9. The van der Waals surface area contributed by atoms with Gasteiger partial charge in [0.25, 0.3) is 5.91 Å². The molecule has 0 heterocycles. The first-order valence-corrected chi connectivity index (χ1v) is 6.57. The molecule has 0 saturated heterocycles. The van der Waals surface area contributed by atoms with Crippen LogP contribution in [0.3, 0.4) is 0 Å². The van der Waals surface area contributed by atoms with Crippen molar-refractivity contribution in [3.8, 4) is 0 Å². The van der Waals surface area contributed by atoms with E-state index < -0.39 is 40.6 Å². The molecule has 24 heavy (non-hydrogen) atoms. The SMILES string of the molecule is NCC(=O)Nc1cc(F)ccc1NC(=O)c1ccc(F)c(F)c1F. The van der Waals surface area contributed by atoms with E-state index in [9.17, 15) is 27.2 Å². The number of nitrogens with one attached hydrogen (secondary N) is 2. The maximum absolute atomic E-state index is 13.6. The molecule has 126 valence electrons. The fourth-order valence-corrected chi connectivity index (χ4v) is 1.82. The molecule has 2 rings (SSSR count). The van der Waals surface area contributed by atoms with E-state index in [0.29, 0.717) is 6.07 Å². The summed E-state index contributed by atoms with van der Waals surface area (Å²) in [5.41, 5.74) is 4.18. The summed E-state index contributed by atoms with van der Waals surface area (Å²) in [4.78, 5) is 23.3. The van der Waals surface area contributed by atoms with Crippen molar-refractivity contribution in [2.75, 3.05) is 17.2 Å². The maximum Gasteiger partial charge on any atom is 0.258 e. The van der Waals surface area contributed by atoms with Crippen molar-refractivity contribution >= 4 is 23.2 Å². The zero-order valence-corrected chi connectivity index (χ0v) is 12.0. The molecular weight excluding hydrogens is 330 g/mol. The van der Waals surface area contributed by atoms with E-state index in [1.807, 2.05) is 0 Å². The second-order valence-corrected chi connectivity index (χ2v) is 4.62. The number of carbonyl (C=O) groups excluding carboxylic acids is 2. The van der Waals surface area contributed by atoms with Crippen LogP contribution in [0.15, 0.2) is 30.3 Å². The number of hydrogen-bond donors (Lipinski definition) is 3. The molecule has 0 bridgehead atoms. The molecule has 0 aliphatic rings. The van der Waals surface area contributed by atoms with Crippen molar-refractivity contribution < 1.29 is 27.2 Å². The van der Waals surface area contributed by atoms with E-state index in [-0.39, 0.29) is 17.9 Å². The van der Waals surface area contributed by atoms with Gasteiger partial charge in [0.15, 0.2) is 17.5 Å². The number of nitrogens with two attached hydrogens (primary N) is 1. The number of anilines is 2. The quantitative estimate of drug-likeness (QED) is 0.590. The van der Waals surface area contributed by atoms with Crippen LogP contribution in [0.25, 0.3) is 0 Å². The highest BCUT2D eigenvalue weighted by Crippen LogP contribution is 2.24.